The zero-order chi connectivity index (χ0) is 18.9. The van der Waals surface area contributed by atoms with Crippen molar-refractivity contribution in [3.05, 3.63) is 48.3 Å². The molecule has 1 aromatic carbocycles. The van der Waals surface area contributed by atoms with Gasteiger partial charge in [-0.3, -0.25) is 5.32 Å². The first-order chi connectivity index (χ1) is 12.2. The molecule has 0 aliphatic carbocycles. The van der Waals surface area contributed by atoms with Crippen LogP contribution in [0.1, 0.15) is 31.1 Å². The van der Waals surface area contributed by atoms with Crippen molar-refractivity contribution in [3.63, 3.8) is 0 Å². The summed E-state index contributed by atoms with van der Waals surface area (Å²) in [5, 5.41) is 15.9. The number of benzene rings is 1. The highest BCUT2D eigenvalue weighted by atomic mass is 16.6. The number of carboxylic acid groups (broad SMARTS) is 1. The van der Waals surface area contributed by atoms with Crippen LogP contribution in [0.4, 0.5) is 10.6 Å². The molecule has 0 unspecified atom stereocenters. The van der Waals surface area contributed by atoms with E-state index >= 15 is 0 Å². The molecule has 0 aliphatic rings. The van der Waals surface area contributed by atoms with Crippen LogP contribution in [-0.4, -0.2) is 37.4 Å². The lowest BCUT2D eigenvalue weighted by Crippen LogP contribution is -2.27. The number of aromatic nitrogens is 3. The maximum atomic E-state index is 12.0. The molecular formula is C18H18N4O4. The number of amides is 1. The Morgan fingerprint density at radius 3 is 2.46 bits per heavy atom. The smallest absolute Gasteiger partial charge is 0.413 e. The molecule has 0 saturated heterocycles. The molecule has 26 heavy (non-hydrogen) atoms. The molecule has 0 radical (unpaired) electrons. The van der Waals surface area contributed by atoms with E-state index in [0.29, 0.717) is 11.5 Å². The van der Waals surface area contributed by atoms with E-state index in [0.717, 1.165) is 11.1 Å². The zero-order valence-electron chi connectivity index (χ0n) is 14.6. The van der Waals surface area contributed by atoms with E-state index in [1.807, 2.05) is 0 Å². The maximum absolute atomic E-state index is 12.0. The highest BCUT2D eigenvalue weighted by Crippen LogP contribution is 2.25. The maximum Gasteiger partial charge on any atom is 0.413 e. The summed E-state index contributed by atoms with van der Waals surface area (Å²) in [5.41, 5.74) is 1.60. The molecule has 8 nitrogen and oxygen atoms in total. The van der Waals surface area contributed by atoms with Gasteiger partial charge in [-0.1, -0.05) is 12.1 Å². The minimum Gasteiger partial charge on any atom is -0.478 e. The van der Waals surface area contributed by atoms with Gasteiger partial charge < -0.3 is 9.84 Å². The third kappa shape index (κ3) is 3.64. The van der Waals surface area contributed by atoms with Gasteiger partial charge in [0.25, 0.3) is 0 Å². The van der Waals surface area contributed by atoms with Crippen LogP contribution in [-0.2, 0) is 4.74 Å². The molecular weight excluding hydrogens is 336 g/mol. The van der Waals surface area contributed by atoms with Crippen LogP contribution in [0.2, 0.25) is 0 Å². The van der Waals surface area contributed by atoms with Gasteiger partial charge in [0.1, 0.15) is 11.4 Å². The lowest BCUT2D eigenvalue weighted by atomic mass is 10.1. The predicted molar refractivity (Wildman–Crippen MR) is 95.2 cm³/mol. The molecule has 3 rings (SSSR count). The molecule has 134 valence electrons. The second-order valence-corrected chi connectivity index (χ2v) is 6.63. The van der Waals surface area contributed by atoms with Crippen LogP contribution in [0, 0.1) is 0 Å². The van der Waals surface area contributed by atoms with Crippen molar-refractivity contribution in [1.82, 2.24) is 14.6 Å². The summed E-state index contributed by atoms with van der Waals surface area (Å²) in [5.74, 6) is -0.573. The first-order valence-electron chi connectivity index (χ1n) is 7.91. The Bertz CT molecular complexity index is 971. The lowest BCUT2D eigenvalue weighted by molar-refractivity contribution is 0.0633. The number of nitrogens with one attached hydrogen (secondary N) is 1. The predicted octanol–water partition coefficient (Wildman–Crippen LogP) is 3.44. The number of ether oxygens (including phenoxy) is 1. The van der Waals surface area contributed by atoms with Crippen molar-refractivity contribution in [1.29, 1.82) is 0 Å². The highest BCUT2D eigenvalue weighted by Gasteiger charge is 2.18. The first-order valence-corrected chi connectivity index (χ1v) is 7.91. The molecule has 8 heteroatoms. The SMILES string of the molecule is CC(C)(C)OC(=O)Nc1ccnc2c(-c3ccc(C(=O)O)cc3)cnn12. The third-order valence-electron chi connectivity index (χ3n) is 3.47. The summed E-state index contributed by atoms with van der Waals surface area (Å²) in [6.07, 6.45) is 2.57. The molecule has 0 aliphatic heterocycles. The summed E-state index contributed by atoms with van der Waals surface area (Å²) >= 11 is 0. The van der Waals surface area contributed by atoms with Crippen LogP contribution in [0.3, 0.4) is 0 Å². The Morgan fingerprint density at radius 1 is 1.15 bits per heavy atom. The number of hydrogen-bond donors (Lipinski definition) is 2. The van der Waals surface area contributed by atoms with Gasteiger partial charge in [0.2, 0.25) is 0 Å². The third-order valence-corrected chi connectivity index (χ3v) is 3.47. The Labute approximate surface area is 149 Å². The molecule has 0 atom stereocenters. The standard InChI is InChI=1S/C18H18N4O4/c1-18(2,3)26-17(25)21-14-8-9-19-15-13(10-20-22(14)15)11-4-6-12(7-5-11)16(23)24/h4-10H,1-3H3,(H,21,25)(H,23,24). The fourth-order valence-corrected chi connectivity index (χ4v) is 2.39. The minimum absolute atomic E-state index is 0.200. The number of carboxylic acids is 1. The molecule has 0 bridgehead atoms. The lowest BCUT2D eigenvalue weighted by Gasteiger charge is -2.19. The topological polar surface area (TPSA) is 106 Å². The van der Waals surface area contributed by atoms with Gasteiger partial charge in [0, 0.05) is 11.8 Å². The first kappa shape index (κ1) is 17.4. The van der Waals surface area contributed by atoms with E-state index in [-0.39, 0.29) is 5.56 Å². The van der Waals surface area contributed by atoms with Crippen LogP contribution in [0.15, 0.2) is 42.7 Å². The summed E-state index contributed by atoms with van der Waals surface area (Å²) in [6.45, 7) is 5.34. The Kier molecular flexibility index (Phi) is 4.33. The normalized spacial score (nSPS) is 11.3. The zero-order valence-corrected chi connectivity index (χ0v) is 14.6. The monoisotopic (exact) mass is 354 g/mol. The van der Waals surface area contributed by atoms with Gasteiger partial charge >= 0.3 is 12.1 Å². The average molecular weight is 354 g/mol. The number of nitrogens with zero attached hydrogens (tertiary/aromatic N) is 3. The van der Waals surface area contributed by atoms with E-state index in [2.05, 4.69) is 15.4 Å². The largest absolute Gasteiger partial charge is 0.478 e. The van der Waals surface area contributed by atoms with E-state index in [1.165, 1.54) is 16.6 Å². The van der Waals surface area contributed by atoms with Crippen molar-refractivity contribution in [2.24, 2.45) is 0 Å². The molecule has 0 spiro atoms. The number of carbonyl (C=O) groups excluding carboxylic acids is 1. The quantitative estimate of drug-likeness (QED) is 0.746. The number of aromatic carboxylic acids is 1. The van der Waals surface area contributed by atoms with Gasteiger partial charge in [-0.25, -0.2) is 14.6 Å². The van der Waals surface area contributed by atoms with Crippen molar-refractivity contribution in [3.8, 4) is 11.1 Å². The summed E-state index contributed by atoms with van der Waals surface area (Å²) < 4.78 is 6.74. The Morgan fingerprint density at radius 2 is 1.85 bits per heavy atom. The highest BCUT2D eigenvalue weighted by molar-refractivity contribution is 5.89. The van der Waals surface area contributed by atoms with Crippen molar-refractivity contribution >= 4 is 23.5 Å². The van der Waals surface area contributed by atoms with Crippen molar-refractivity contribution in [2.75, 3.05) is 5.32 Å². The number of hydrogen-bond acceptors (Lipinski definition) is 5. The van der Waals surface area contributed by atoms with E-state index in [1.54, 1.807) is 51.4 Å². The average Bonchev–Trinajstić information content (AvgIpc) is 2.98. The van der Waals surface area contributed by atoms with Crippen LogP contribution >= 0.6 is 0 Å². The van der Waals surface area contributed by atoms with Gasteiger partial charge in [0.15, 0.2) is 5.65 Å². The van der Waals surface area contributed by atoms with Gasteiger partial charge in [-0.15, -0.1) is 0 Å². The van der Waals surface area contributed by atoms with Gasteiger partial charge in [0.05, 0.1) is 11.8 Å². The molecule has 0 fully saturated rings. The fourth-order valence-electron chi connectivity index (χ4n) is 2.39. The number of rotatable bonds is 3. The Balaban J connectivity index is 1.93. The van der Waals surface area contributed by atoms with E-state index in [9.17, 15) is 9.59 Å². The number of carbonyl (C=O) groups is 2. The van der Waals surface area contributed by atoms with E-state index < -0.39 is 17.7 Å². The van der Waals surface area contributed by atoms with E-state index in [4.69, 9.17) is 9.84 Å². The Hall–Kier alpha value is -3.42. The summed E-state index contributed by atoms with van der Waals surface area (Å²) in [7, 11) is 0. The summed E-state index contributed by atoms with van der Waals surface area (Å²) in [6, 6.07) is 8.03. The number of anilines is 1. The second kappa shape index (κ2) is 6.47. The van der Waals surface area contributed by atoms with Crippen LogP contribution in [0.25, 0.3) is 16.8 Å². The summed E-state index contributed by atoms with van der Waals surface area (Å²) in [4.78, 5) is 27.3. The van der Waals surface area contributed by atoms with Crippen LogP contribution < -0.4 is 5.32 Å². The molecule has 0 saturated carbocycles. The van der Waals surface area contributed by atoms with Crippen molar-refractivity contribution in [2.45, 2.75) is 26.4 Å². The minimum atomic E-state index is -0.988. The molecule has 2 N–H and O–H groups in total. The molecule has 1 amide bonds. The van der Waals surface area contributed by atoms with Crippen LogP contribution in [0.5, 0.6) is 0 Å². The van der Waals surface area contributed by atoms with Gasteiger partial charge in [-0.05, 0) is 44.5 Å². The molecule has 3 aromatic rings. The molecule has 2 aromatic heterocycles. The van der Waals surface area contributed by atoms with Crippen molar-refractivity contribution < 1.29 is 19.4 Å². The van der Waals surface area contributed by atoms with Gasteiger partial charge in [-0.2, -0.15) is 9.61 Å². The molecule has 2 heterocycles. The fraction of sp³-hybridized carbons (Fsp3) is 0.222. The second-order valence-electron chi connectivity index (χ2n) is 6.63. The number of fused-ring (bicyclic) bond motifs is 1.